The van der Waals surface area contributed by atoms with Gasteiger partial charge in [-0.05, 0) is 31.0 Å². The maximum Gasteiger partial charge on any atom is 0.405 e. The molecule has 1 aromatic rings. The molecule has 0 heterocycles. The van der Waals surface area contributed by atoms with Crippen molar-refractivity contribution in [2.75, 3.05) is 11.4 Å². The molecule has 0 N–H and O–H groups in total. The first kappa shape index (κ1) is 12.7. The van der Waals surface area contributed by atoms with Crippen LogP contribution in [0.1, 0.15) is 18.4 Å². The lowest BCUT2D eigenvalue weighted by atomic mass is 10.1. The van der Waals surface area contributed by atoms with E-state index in [1.54, 1.807) is 6.07 Å². The predicted molar refractivity (Wildman–Crippen MR) is 57.5 cm³/mol. The van der Waals surface area contributed by atoms with Gasteiger partial charge in [0.2, 0.25) is 0 Å². The number of halogens is 4. The Bertz CT molecular complexity index is 486. The van der Waals surface area contributed by atoms with Crippen LogP contribution in [0.25, 0.3) is 0 Å². The molecule has 96 valence electrons. The summed E-state index contributed by atoms with van der Waals surface area (Å²) in [6.45, 7) is -1.11. The summed E-state index contributed by atoms with van der Waals surface area (Å²) >= 11 is 0. The second-order valence-electron chi connectivity index (χ2n) is 4.25. The molecule has 0 aliphatic heterocycles. The number of benzene rings is 1. The van der Waals surface area contributed by atoms with E-state index in [1.165, 1.54) is 6.07 Å². The Kier molecular flexibility index (Phi) is 3.16. The lowest BCUT2D eigenvalue weighted by Gasteiger charge is -2.26. The molecule has 0 amide bonds. The molecule has 2 rings (SSSR count). The van der Waals surface area contributed by atoms with Crippen LogP contribution in [-0.4, -0.2) is 18.8 Å². The SMILES string of the molecule is N#Cc1cc(F)ccc1N(CC(F)(F)F)C1CC1. The van der Waals surface area contributed by atoms with Gasteiger partial charge in [0.15, 0.2) is 0 Å². The monoisotopic (exact) mass is 258 g/mol. The summed E-state index contributed by atoms with van der Waals surface area (Å²) in [6, 6.07) is 4.80. The van der Waals surface area contributed by atoms with E-state index in [-0.39, 0.29) is 17.3 Å². The van der Waals surface area contributed by atoms with Crippen LogP contribution in [0.5, 0.6) is 0 Å². The predicted octanol–water partition coefficient (Wildman–Crippen LogP) is 3.23. The molecule has 0 saturated heterocycles. The zero-order valence-corrected chi connectivity index (χ0v) is 9.34. The van der Waals surface area contributed by atoms with Gasteiger partial charge in [-0.3, -0.25) is 0 Å². The van der Waals surface area contributed by atoms with Crippen LogP contribution in [-0.2, 0) is 0 Å². The highest BCUT2D eigenvalue weighted by molar-refractivity contribution is 5.60. The lowest BCUT2D eigenvalue weighted by Crippen LogP contribution is -2.36. The molecular weight excluding hydrogens is 248 g/mol. The number of nitriles is 1. The number of alkyl halides is 3. The van der Waals surface area contributed by atoms with Crippen molar-refractivity contribution in [2.24, 2.45) is 0 Å². The lowest BCUT2D eigenvalue weighted by molar-refractivity contribution is -0.120. The molecule has 0 atom stereocenters. The van der Waals surface area contributed by atoms with E-state index >= 15 is 0 Å². The Morgan fingerprint density at radius 1 is 1.33 bits per heavy atom. The van der Waals surface area contributed by atoms with Crippen molar-refractivity contribution in [1.82, 2.24) is 0 Å². The molecule has 1 fully saturated rings. The van der Waals surface area contributed by atoms with Crippen LogP contribution in [0.3, 0.4) is 0 Å². The molecular formula is C12H10F4N2. The van der Waals surface area contributed by atoms with E-state index in [1.807, 2.05) is 0 Å². The molecule has 0 bridgehead atoms. The standard InChI is InChI=1S/C12H10F4N2/c13-9-1-4-11(8(5-9)6-17)18(10-2-3-10)7-12(14,15)16/h1,4-5,10H,2-3,7H2. The first-order chi connectivity index (χ1) is 8.40. The molecule has 1 aromatic carbocycles. The molecule has 2 nitrogen and oxygen atoms in total. The normalized spacial score (nSPS) is 15.3. The quantitative estimate of drug-likeness (QED) is 0.778. The highest BCUT2D eigenvalue weighted by Crippen LogP contribution is 2.36. The van der Waals surface area contributed by atoms with Gasteiger partial charge in [-0.1, -0.05) is 0 Å². The molecule has 1 aliphatic rings. The molecule has 6 heteroatoms. The smallest absolute Gasteiger partial charge is 0.358 e. The van der Waals surface area contributed by atoms with Crippen LogP contribution < -0.4 is 4.90 Å². The second-order valence-corrected chi connectivity index (χ2v) is 4.25. The summed E-state index contributed by atoms with van der Waals surface area (Å²) in [5.41, 5.74) is 0.0878. The summed E-state index contributed by atoms with van der Waals surface area (Å²) in [5, 5.41) is 8.87. The number of hydrogen-bond donors (Lipinski definition) is 0. The minimum Gasteiger partial charge on any atom is -0.358 e. The van der Waals surface area contributed by atoms with E-state index < -0.39 is 18.5 Å². The van der Waals surface area contributed by atoms with Gasteiger partial charge in [-0.25, -0.2) is 4.39 Å². The summed E-state index contributed by atoms with van der Waals surface area (Å²) in [7, 11) is 0. The first-order valence-electron chi connectivity index (χ1n) is 5.44. The maximum absolute atomic E-state index is 13.0. The largest absolute Gasteiger partial charge is 0.405 e. The Hall–Kier alpha value is -1.77. The number of hydrogen-bond acceptors (Lipinski definition) is 2. The molecule has 0 radical (unpaired) electrons. The molecule has 0 unspecified atom stereocenters. The summed E-state index contributed by atoms with van der Waals surface area (Å²) < 4.78 is 50.4. The Balaban J connectivity index is 2.34. The van der Waals surface area contributed by atoms with Gasteiger partial charge in [0.05, 0.1) is 11.3 Å². The van der Waals surface area contributed by atoms with E-state index in [0.29, 0.717) is 12.8 Å². The fourth-order valence-electron chi connectivity index (χ4n) is 1.84. The fourth-order valence-corrected chi connectivity index (χ4v) is 1.84. The minimum absolute atomic E-state index is 0.0638. The van der Waals surface area contributed by atoms with Crippen molar-refractivity contribution in [2.45, 2.75) is 25.1 Å². The van der Waals surface area contributed by atoms with Gasteiger partial charge in [0.1, 0.15) is 18.4 Å². The van der Waals surface area contributed by atoms with Crippen molar-refractivity contribution >= 4 is 5.69 Å². The minimum atomic E-state index is -4.34. The summed E-state index contributed by atoms with van der Waals surface area (Å²) in [4.78, 5) is 1.14. The second kappa shape index (κ2) is 4.48. The van der Waals surface area contributed by atoms with Crippen molar-refractivity contribution < 1.29 is 17.6 Å². The Labute approximate surface area is 101 Å². The third-order valence-electron chi connectivity index (χ3n) is 2.73. The van der Waals surface area contributed by atoms with E-state index in [2.05, 4.69) is 0 Å². The maximum atomic E-state index is 13.0. The van der Waals surface area contributed by atoms with Crippen LogP contribution in [0.2, 0.25) is 0 Å². The van der Waals surface area contributed by atoms with Gasteiger partial charge >= 0.3 is 6.18 Å². The molecule has 18 heavy (non-hydrogen) atoms. The molecule has 0 spiro atoms. The average Bonchev–Trinajstić information content (AvgIpc) is 3.08. The Morgan fingerprint density at radius 3 is 2.50 bits per heavy atom. The van der Waals surface area contributed by atoms with Crippen LogP contribution >= 0.6 is 0 Å². The topological polar surface area (TPSA) is 27.0 Å². The number of rotatable bonds is 3. The third kappa shape index (κ3) is 2.92. The van der Waals surface area contributed by atoms with Gasteiger partial charge in [0.25, 0.3) is 0 Å². The van der Waals surface area contributed by atoms with Crippen LogP contribution in [0.15, 0.2) is 18.2 Å². The summed E-state index contributed by atoms with van der Waals surface area (Å²) in [6.07, 6.45) is -3.01. The molecule has 1 saturated carbocycles. The van der Waals surface area contributed by atoms with Gasteiger partial charge in [-0.15, -0.1) is 0 Å². The van der Waals surface area contributed by atoms with Gasteiger partial charge in [0, 0.05) is 6.04 Å². The zero-order valence-electron chi connectivity index (χ0n) is 9.34. The fraction of sp³-hybridized carbons (Fsp3) is 0.417. The van der Waals surface area contributed by atoms with E-state index in [9.17, 15) is 17.6 Å². The van der Waals surface area contributed by atoms with E-state index in [4.69, 9.17) is 5.26 Å². The highest BCUT2D eigenvalue weighted by Gasteiger charge is 2.39. The van der Waals surface area contributed by atoms with Crippen molar-refractivity contribution in [3.05, 3.63) is 29.6 Å². The average molecular weight is 258 g/mol. The van der Waals surface area contributed by atoms with Crippen molar-refractivity contribution in [3.63, 3.8) is 0 Å². The van der Waals surface area contributed by atoms with Crippen molar-refractivity contribution in [3.8, 4) is 6.07 Å². The van der Waals surface area contributed by atoms with E-state index in [0.717, 1.165) is 17.0 Å². The van der Waals surface area contributed by atoms with Gasteiger partial charge < -0.3 is 4.90 Å². The number of anilines is 1. The highest BCUT2D eigenvalue weighted by atomic mass is 19.4. The summed E-state index contributed by atoms with van der Waals surface area (Å²) in [5.74, 6) is -0.627. The Morgan fingerprint density at radius 2 is 2.00 bits per heavy atom. The zero-order chi connectivity index (χ0) is 13.3. The van der Waals surface area contributed by atoms with Crippen LogP contribution in [0, 0.1) is 17.1 Å². The molecule has 1 aliphatic carbocycles. The first-order valence-corrected chi connectivity index (χ1v) is 5.44. The van der Waals surface area contributed by atoms with Gasteiger partial charge in [-0.2, -0.15) is 18.4 Å². The number of nitrogens with zero attached hydrogens (tertiary/aromatic N) is 2. The van der Waals surface area contributed by atoms with Crippen LogP contribution in [0.4, 0.5) is 23.2 Å². The molecule has 0 aromatic heterocycles. The third-order valence-corrected chi connectivity index (χ3v) is 2.73. The van der Waals surface area contributed by atoms with Crippen molar-refractivity contribution in [1.29, 1.82) is 5.26 Å².